The van der Waals surface area contributed by atoms with Gasteiger partial charge in [0.15, 0.2) is 0 Å². The molecule has 174 valence electrons. The fourth-order valence-corrected chi connectivity index (χ4v) is 5.85. The molecule has 1 saturated carbocycles. The van der Waals surface area contributed by atoms with Gasteiger partial charge in [0.25, 0.3) is 0 Å². The number of amides is 3. The van der Waals surface area contributed by atoms with Crippen molar-refractivity contribution < 1.29 is 19.5 Å². The standard InChI is InChI=1S/C24H39N3O4/c1-14(2)12-17(13-28)27-21(23(30)26-16-8-6-5-7-9-16)18-11-10-15(3)19(22(29)25-4)20(18)24(27)31/h10-11,14-21,28H,5-9,12-13H2,1-4H3,(H,25,29)(H,26,30)/t15-,17-,18+,19-,20-,21+/m1/s1. The largest absolute Gasteiger partial charge is 0.394 e. The third-order valence-electron chi connectivity index (χ3n) is 7.33. The summed E-state index contributed by atoms with van der Waals surface area (Å²) in [5.41, 5.74) is 0. The summed E-state index contributed by atoms with van der Waals surface area (Å²) in [7, 11) is 1.59. The average Bonchev–Trinajstić information content (AvgIpc) is 3.04. The molecule has 3 aliphatic rings. The number of nitrogens with one attached hydrogen (secondary N) is 2. The molecule has 7 heteroatoms. The quantitative estimate of drug-likeness (QED) is 0.534. The lowest BCUT2D eigenvalue weighted by Gasteiger charge is -2.35. The maximum atomic E-state index is 13.7. The Morgan fingerprint density at radius 1 is 1.16 bits per heavy atom. The molecule has 31 heavy (non-hydrogen) atoms. The van der Waals surface area contributed by atoms with Crippen LogP contribution in [0.25, 0.3) is 0 Å². The topological polar surface area (TPSA) is 98.7 Å². The van der Waals surface area contributed by atoms with E-state index in [0.717, 1.165) is 25.7 Å². The number of carbonyl (C=O) groups is 3. The Labute approximate surface area is 186 Å². The van der Waals surface area contributed by atoms with E-state index in [2.05, 4.69) is 10.6 Å². The number of hydrogen-bond donors (Lipinski definition) is 3. The smallest absolute Gasteiger partial charge is 0.243 e. The van der Waals surface area contributed by atoms with Gasteiger partial charge in [-0.15, -0.1) is 0 Å². The molecule has 0 radical (unpaired) electrons. The Morgan fingerprint density at radius 2 is 1.84 bits per heavy atom. The molecule has 3 amide bonds. The van der Waals surface area contributed by atoms with Crippen molar-refractivity contribution in [2.75, 3.05) is 13.7 Å². The van der Waals surface area contributed by atoms with Crippen LogP contribution in [0, 0.1) is 29.6 Å². The van der Waals surface area contributed by atoms with Gasteiger partial charge in [0, 0.05) is 19.0 Å². The first-order chi connectivity index (χ1) is 14.8. The molecule has 7 nitrogen and oxygen atoms in total. The predicted molar refractivity (Wildman–Crippen MR) is 119 cm³/mol. The molecule has 1 heterocycles. The Hall–Kier alpha value is -1.89. The Morgan fingerprint density at radius 3 is 2.42 bits per heavy atom. The van der Waals surface area contributed by atoms with Crippen LogP contribution in [-0.2, 0) is 14.4 Å². The third-order valence-corrected chi connectivity index (χ3v) is 7.33. The van der Waals surface area contributed by atoms with Gasteiger partial charge < -0.3 is 20.6 Å². The monoisotopic (exact) mass is 433 g/mol. The van der Waals surface area contributed by atoms with Crippen molar-refractivity contribution in [1.82, 2.24) is 15.5 Å². The molecule has 1 saturated heterocycles. The fourth-order valence-electron chi connectivity index (χ4n) is 5.85. The minimum absolute atomic E-state index is 0.0927. The van der Waals surface area contributed by atoms with Crippen molar-refractivity contribution in [1.29, 1.82) is 0 Å². The summed E-state index contributed by atoms with van der Waals surface area (Å²) in [5, 5.41) is 16.1. The van der Waals surface area contributed by atoms with Gasteiger partial charge in [0.05, 0.1) is 24.5 Å². The summed E-state index contributed by atoms with van der Waals surface area (Å²) in [4.78, 5) is 41.6. The number of carbonyl (C=O) groups excluding carboxylic acids is 3. The highest BCUT2D eigenvalue weighted by molar-refractivity contribution is 5.97. The summed E-state index contributed by atoms with van der Waals surface area (Å²) in [6.07, 6.45) is 9.86. The normalized spacial score (nSPS) is 32.1. The van der Waals surface area contributed by atoms with Crippen molar-refractivity contribution in [2.45, 2.75) is 77.4 Å². The van der Waals surface area contributed by atoms with E-state index in [1.807, 2.05) is 32.9 Å². The highest BCUT2D eigenvalue weighted by Crippen LogP contribution is 2.45. The molecule has 0 aromatic rings. The SMILES string of the molecule is CNC(=O)[C@H]1[C@@H]2C(=O)N([C@@H](CO)CC(C)C)[C@H](C(=O)NC3CCCCC3)[C@H]2C=C[C@H]1C. The zero-order valence-electron chi connectivity index (χ0n) is 19.3. The summed E-state index contributed by atoms with van der Waals surface area (Å²) in [6, 6.07) is -0.989. The van der Waals surface area contributed by atoms with Gasteiger partial charge >= 0.3 is 0 Å². The van der Waals surface area contributed by atoms with Gasteiger partial charge in [-0.2, -0.15) is 0 Å². The minimum atomic E-state index is -0.689. The van der Waals surface area contributed by atoms with Crippen molar-refractivity contribution in [3.63, 3.8) is 0 Å². The molecule has 6 atom stereocenters. The lowest BCUT2D eigenvalue weighted by molar-refractivity contribution is -0.143. The van der Waals surface area contributed by atoms with Gasteiger partial charge in [-0.1, -0.05) is 52.2 Å². The van der Waals surface area contributed by atoms with Crippen molar-refractivity contribution in [2.24, 2.45) is 29.6 Å². The van der Waals surface area contributed by atoms with Gasteiger partial charge in [0.1, 0.15) is 6.04 Å². The second-order valence-electron chi connectivity index (χ2n) is 9.99. The molecule has 0 bridgehead atoms. The van der Waals surface area contributed by atoms with Crippen LogP contribution in [0.2, 0.25) is 0 Å². The van der Waals surface area contributed by atoms with E-state index in [-0.39, 0.29) is 48.1 Å². The van der Waals surface area contributed by atoms with Crippen LogP contribution in [-0.4, -0.2) is 59.5 Å². The van der Waals surface area contributed by atoms with Crippen LogP contribution in [0.3, 0.4) is 0 Å². The lowest BCUT2D eigenvalue weighted by Crippen LogP contribution is -2.54. The Balaban J connectivity index is 1.96. The zero-order chi connectivity index (χ0) is 22.7. The number of rotatable bonds is 7. The Bertz CT molecular complexity index is 701. The first-order valence-corrected chi connectivity index (χ1v) is 11.9. The second kappa shape index (κ2) is 10.2. The van der Waals surface area contributed by atoms with E-state index in [1.165, 1.54) is 6.42 Å². The summed E-state index contributed by atoms with van der Waals surface area (Å²) in [5.74, 6) is -1.79. The number of aliphatic hydroxyl groups excluding tert-OH is 1. The van der Waals surface area contributed by atoms with E-state index in [4.69, 9.17) is 0 Å². The van der Waals surface area contributed by atoms with Gasteiger partial charge in [0.2, 0.25) is 17.7 Å². The lowest BCUT2D eigenvalue weighted by atomic mass is 9.70. The van der Waals surface area contributed by atoms with Crippen LogP contribution in [0.4, 0.5) is 0 Å². The van der Waals surface area contributed by atoms with Gasteiger partial charge in [-0.05, 0) is 31.1 Å². The van der Waals surface area contributed by atoms with E-state index >= 15 is 0 Å². The number of nitrogens with zero attached hydrogens (tertiary/aromatic N) is 1. The molecular formula is C24H39N3O4. The van der Waals surface area contributed by atoms with Crippen molar-refractivity contribution in [3.8, 4) is 0 Å². The van der Waals surface area contributed by atoms with Crippen molar-refractivity contribution in [3.05, 3.63) is 12.2 Å². The zero-order valence-corrected chi connectivity index (χ0v) is 19.3. The molecule has 0 aromatic carbocycles. The molecule has 3 N–H and O–H groups in total. The van der Waals surface area contributed by atoms with Crippen LogP contribution < -0.4 is 10.6 Å². The summed E-state index contributed by atoms with van der Waals surface area (Å²) >= 11 is 0. The first kappa shape index (κ1) is 23.8. The third kappa shape index (κ3) is 4.81. The van der Waals surface area contributed by atoms with E-state index in [1.54, 1.807) is 11.9 Å². The van der Waals surface area contributed by atoms with Crippen LogP contribution >= 0.6 is 0 Å². The summed E-state index contributed by atoms with van der Waals surface area (Å²) in [6.45, 7) is 5.84. The first-order valence-electron chi connectivity index (χ1n) is 11.9. The number of fused-ring (bicyclic) bond motifs is 1. The number of allylic oxidation sites excluding steroid dienone is 1. The van der Waals surface area contributed by atoms with Crippen LogP contribution in [0.1, 0.15) is 59.3 Å². The number of hydrogen-bond acceptors (Lipinski definition) is 4. The van der Waals surface area contributed by atoms with Gasteiger partial charge in [-0.25, -0.2) is 0 Å². The van der Waals surface area contributed by atoms with E-state index in [9.17, 15) is 19.5 Å². The maximum absolute atomic E-state index is 13.7. The number of likely N-dealkylation sites (tertiary alicyclic amines) is 1. The molecule has 0 aromatic heterocycles. The Kier molecular flexibility index (Phi) is 7.78. The molecular weight excluding hydrogens is 394 g/mol. The predicted octanol–water partition coefficient (Wildman–Crippen LogP) is 1.85. The highest BCUT2D eigenvalue weighted by Gasteiger charge is 2.58. The molecule has 2 fully saturated rings. The molecule has 0 spiro atoms. The van der Waals surface area contributed by atoms with Crippen LogP contribution in [0.5, 0.6) is 0 Å². The van der Waals surface area contributed by atoms with Gasteiger partial charge in [-0.3, -0.25) is 14.4 Å². The highest BCUT2D eigenvalue weighted by atomic mass is 16.3. The number of aliphatic hydroxyl groups is 1. The maximum Gasteiger partial charge on any atom is 0.243 e. The van der Waals surface area contributed by atoms with Crippen LogP contribution in [0.15, 0.2) is 12.2 Å². The summed E-state index contributed by atoms with van der Waals surface area (Å²) < 4.78 is 0. The average molecular weight is 434 g/mol. The molecule has 2 aliphatic carbocycles. The van der Waals surface area contributed by atoms with E-state index in [0.29, 0.717) is 6.42 Å². The fraction of sp³-hybridized carbons (Fsp3) is 0.792. The van der Waals surface area contributed by atoms with E-state index < -0.39 is 23.9 Å². The molecule has 0 unspecified atom stereocenters. The van der Waals surface area contributed by atoms with Crippen molar-refractivity contribution >= 4 is 17.7 Å². The second-order valence-corrected chi connectivity index (χ2v) is 9.99. The molecule has 3 rings (SSSR count). The molecule has 1 aliphatic heterocycles. The minimum Gasteiger partial charge on any atom is -0.394 e.